The highest BCUT2D eigenvalue weighted by molar-refractivity contribution is 7.25. The van der Waals surface area contributed by atoms with Crippen molar-refractivity contribution in [1.82, 2.24) is 0 Å². The molecule has 0 radical (unpaired) electrons. The van der Waals surface area contributed by atoms with E-state index in [1.165, 1.54) is 31.3 Å². The molecule has 2 heterocycles. The van der Waals surface area contributed by atoms with Crippen LogP contribution >= 0.6 is 11.3 Å². The average Bonchev–Trinajstić information content (AvgIpc) is 3.20. The van der Waals surface area contributed by atoms with Crippen molar-refractivity contribution < 1.29 is 0 Å². The Kier molecular flexibility index (Phi) is 4.74. The third kappa shape index (κ3) is 3.49. The first kappa shape index (κ1) is 19.8. The van der Waals surface area contributed by atoms with E-state index in [2.05, 4.69) is 128 Å². The van der Waals surface area contributed by atoms with Gasteiger partial charge in [0.2, 0.25) is 0 Å². The van der Waals surface area contributed by atoms with Gasteiger partial charge < -0.3 is 4.90 Å². The first-order chi connectivity index (χ1) is 16.2. The van der Waals surface area contributed by atoms with Crippen molar-refractivity contribution in [2.24, 2.45) is 0 Å². The molecule has 4 aromatic carbocycles. The summed E-state index contributed by atoms with van der Waals surface area (Å²) in [6.45, 7) is 6.58. The van der Waals surface area contributed by atoms with Crippen molar-refractivity contribution in [2.45, 2.75) is 6.92 Å². The first-order valence-electron chi connectivity index (χ1n) is 11.1. The molecule has 1 aliphatic rings. The molecule has 158 valence electrons. The van der Waals surface area contributed by atoms with Gasteiger partial charge in [-0.2, -0.15) is 0 Å². The van der Waals surface area contributed by atoms with Gasteiger partial charge in [-0.25, -0.2) is 0 Å². The third-order valence-electron chi connectivity index (χ3n) is 6.23. The molecule has 0 spiro atoms. The minimum atomic E-state index is 1.01. The number of hydrogen-bond acceptors (Lipinski definition) is 2. The van der Waals surface area contributed by atoms with Crippen LogP contribution in [0, 0.1) is 6.92 Å². The Morgan fingerprint density at radius 3 is 2.48 bits per heavy atom. The van der Waals surface area contributed by atoms with Crippen molar-refractivity contribution in [3.8, 4) is 0 Å². The minimum absolute atomic E-state index is 1.01. The summed E-state index contributed by atoms with van der Waals surface area (Å²) >= 11 is 1.85. The van der Waals surface area contributed by atoms with Crippen LogP contribution in [0.25, 0.3) is 31.3 Å². The SMILES string of the molecule is C=C1/C=C(c2ccc3sc4ccccc4c3c2)\C=C/N(c2cccc(C)c2)c2ccccc21. The van der Waals surface area contributed by atoms with Crippen LogP contribution in [0.15, 0.2) is 116 Å². The van der Waals surface area contributed by atoms with Crippen molar-refractivity contribution in [3.63, 3.8) is 0 Å². The smallest absolute Gasteiger partial charge is 0.0533 e. The van der Waals surface area contributed by atoms with Crippen LogP contribution in [0.5, 0.6) is 0 Å². The summed E-state index contributed by atoms with van der Waals surface area (Å²) in [4.78, 5) is 2.26. The molecule has 0 fully saturated rings. The Morgan fingerprint density at radius 1 is 0.758 bits per heavy atom. The summed E-state index contributed by atoms with van der Waals surface area (Å²) in [6.07, 6.45) is 6.60. The van der Waals surface area contributed by atoms with Gasteiger partial charge in [-0.3, -0.25) is 0 Å². The number of para-hydroxylation sites is 1. The molecule has 0 unspecified atom stereocenters. The normalized spacial score (nSPS) is 16.2. The largest absolute Gasteiger partial charge is 0.317 e. The van der Waals surface area contributed by atoms with Crippen molar-refractivity contribution in [1.29, 1.82) is 0 Å². The fraction of sp³-hybridized carbons (Fsp3) is 0.0323. The lowest BCUT2D eigenvalue weighted by molar-refractivity contribution is 1.26. The van der Waals surface area contributed by atoms with Crippen molar-refractivity contribution >= 4 is 54.0 Å². The van der Waals surface area contributed by atoms with E-state index in [4.69, 9.17) is 0 Å². The molecule has 6 rings (SSSR count). The second-order valence-corrected chi connectivity index (χ2v) is 9.56. The summed E-state index contributed by atoms with van der Waals surface area (Å²) in [5.74, 6) is 0. The molecule has 1 nitrogen and oxygen atoms in total. The maximum Gasteiger partial charge on any atom is 0.0533 e. The Morgan fingerprint density at radius 2 is 1.58 bits per heavy atom. The minimum Gasteiger partial charge on any atom is -0.317 e. The van der Waals surface area contributed by atoms with Crippen LogP contribution in [0.4, 0.5) is 11.4 Å². The van der Waals surface area contributed by atoms with Crippen LogP contribution in [0.3, 0.4) is 0 Å². The molecule has 33 heavy (non-hydrogen) atoms. The van der Waals surface area contributed by atoms with Crippen molar-refractivity contribution in [3.05, 3.63) is 133 Å². The van der Waals surface area contributed by atoms with E-state index in [1.807, 2.05) is 11.3 Å². The zero-order valence-electron chi connectivity index (χ0n) is 18.5. The van der Waals surface area contributed by atoms with E-state index in [-0.39, 0.29) is 0 Å². The highest BCUT2D eigenvalue weighted by atomic mass is 32.1. The van der Waals surface area contributed by atoms with E-state index < -0.39 is 0 Å². The fourth-order valence-electron chi connectivity index (χ4n) is 4.59. The van der Waals surface area contributed by atoms with Gasteiger partial charge in [-0.1, -0.05) is 61.2 Å². The van der Waals surface area contributed by atoms with Gasteiger partial charge in [-0.05, 0) is 77.7 Å². The van der Waals surface area contributed by atoms with E-state index in [0.29, 0.717) is 0 Å². The molecule has 0 N–H and O–H groups in total. The van der Waals surface area contributed by atoms with E-state index >= 15 is 0 Å². The Hall–Kier alpha value is -3.88. The van der Waals surface area contributed by atoms with Gasteiger partial charge in [0.15, 0.2) is 0 Å². The number of benzene rings is 4. The standard InChI is InChI=1S/C31H23NS/c1-21-8-7-9-25(18-21)32-17-16-24(19-22(2)26-10-3-5-12-29(26)32)23-14-15-31-28(20-23)27-11-4-6-13-30(27)33-31/h3-20H,2H2,1H3/b17-16-,24-19+. The molecule has 0 amide bonds. The van der Waals surface area contributed by atoms with Crippen molar-refractivity contribution in [2.75, 3.05) is 4.90 Å². The molecular weight excluding hydrogens is 418 g/mol. The number of hydrogen-bond donors (Lipinski definition) is 0. The Bertz CT molecular complexity index is 1600. The summed E-state index contributed by atoms with van der Waals surface area (Å²) < 4.78 is 2.65. The fourth-order valence-corrected chi connectivity index (χ4v) is 5.68. The topological polar surface area (TPSA) is 3.24 Å². The molecule has 0 saturated heterocycles. The second-order valence-electron chi connectivity index (χ2n) is 8.48. The average molecular weight is 442 g/mol. The second kappa shape index (κ2) is 7.91. The molecule has 0 aliphatic carbocycles. The summed E-state index contributed by atoms with van der Waals surface area (Å²) in [5, 5.41) is 2.63. The molecule has 2 heteroatoms. The predicted octanol–water partition coefficient (Wildman–Crippen LogP) is 9.13. The van der Waals surface area contributed by atoms with Gasteiger partial charge in [0.1, 0.15) is 0 Å². The van der Waals surface area contributed by atoms with Gasteiger partial charge in [0, 0.05) is 37.6 Å². The zero-order valence-corrected chi connectivity index (χ0v) is 19.3. The maximum absolute atomic E-state index is 4.45. The first-order valence-corrected chi connectivity index (χ1v) is 11.9. The third-order valence-corrected chi connectivity index (χ3v) is 7.38. The predicted molar refractivity (Wildman–Crippen MR) is 145 cm³/mol. The number of rotatable bonds is 2. The number of anilines is 2. The zero-order chi connectivity index (χ0) is 22.4. The maximum atomic E-state index is 4.45. The number of thiophene rings is 1. The lowest BCUT2D eigenvalue weighted by Crippen LogP contribution is -2.11. The highest BCUT2D eigenvalue weighted by Crippen LogP contribution is 2.39. The lowest BCUT2D eigenvalue weighted by Gasteiger charge is -2.26. The van der Waals surface area contributed by atoms with Crippen LogP contribution in [-0.2, 0) is 0 Å². The number of allylic oxidation sites excluding steroid dienone is 4. The quantitative estimate of drug-likeness (QED) is 0.264. The summed E-state index contributed by atoms with van der Waals surface area (Å²) in [7, 11) is 0. The van der Waals surface area contributed by atoms with E-state index in [9.17, 15) is 0 Å². The van der Waals surface area contributed by atoms with Crippen LogP contribution in [0.1, 0.15) is 16.7 Å². The number of aryl methyl sites for hydroxylation is 1. The molecule has 0 bridgehead atoms. The summed E-state index contributed by atoms with van der Waals surface area (Å²) in [5.41, 5.74) is 8.04. The molecule has 1 aliphatic heterocycles. The lowest BCUT2D eigenvalue weighted by atomic mass is 9.95. The number of nitrogens with zero attached hydrogens (tertiary/aromatic N) is 1. The van der Waals surface area contributed by atoms with E-state index in [0.717, 1.165) is 28.1 Å². The van der Waals surface area contributed by atoms with Gasteiger partial charge >= 0.3 is 0 Å². The van der Waals surface area contributed by atoms with Crippen LogP contribution in [-0.4, -0.2) is 0 Å². The van der Waals surface area contributed by atoms with Gasteiger partial charge in [0.25, 0.3) is 0 Å². The van der Waals surface area contributed by atoms with E-state index in [1.54, 1.807) is 0 Å². The van der Waals surface area contributed by atoms with Gasteiger partial charge in [0.05, 0.1) is 5.69 Å². The number of fused-ring (bicyclic) bond motifs is 4. The molecule has 0 atom stereocenters. The van der Waals surface area contributed by atoms with Crippen LogP contribution in [0.2, 0.25) is 0 Å². The summed E-state index contributed by atoms with van der Waals surface area (Å²) in [6, 6.07) is 32.6. The molecule has 0 saturated carbocycles. The Balaban J connectivity index is 1.52. The molecule has 5 aromatic rings. The Labute approximate surface area is 198 Å². The highest BCUT2D eigenvalue weighted by Gasteiger charge is 2.16. The molecule has 1 aromatic heterocycles. The molecular formula is C31H23NS. The van der Waals surface area contributed by atoms with Crippen LogP contribution < -0.4 is 4.90 Å². The van der Waals surface area contributed by atoms with Gasteiger partial charge in [-0.15, -0.1) is 11.3 Å². The monoisotopic (exact) mass is 441 g/mol.